The number of nitrogens with zero attached hydrogens (tertiary/aromatic N) is 1. The summed E-state index contributed by atoms with van der Waals surface area (Å²) in [5.74, 6) is 0.0321. The van der Waals surface area contributed by atoms with E-state index in [0.29, 0.717) is 21.3 Å². The largest absolute Gasteiger partial charge is 0.504 e. The summed E-state index contributed by atoms with van der Waals surface area (Å²) in [5, 5.41) is 10.2. The summed E-state index contributed by atoms with van der Waals surface area (Å²) in [6.07, 6.45) is 0. The van der Waals surface area contributed by atoms with Crippen molar-refractivity contribution < 1.29 is 19.4 Å². The number of phenolic OH excluding ortho intramolecular Hbond substituents is 1. The molecule has 2 rings (SSSR count). The Morgan fingerprint density at radius 1 is 1.37 bits per heavy atom. The lowest BCUT2D eigenvalue weighted by Gasteiger charge is -2.04. The van der Waals surface area contributed by atoms with Crippen molar-refractivity contribution in [2.75, 3.05) is 14.2 Å². The molecular weight excluding hydrogens is 266 g/mol. The van der Waals surface area contributed by atoms with Crippen molar-refractivity contribution in [1.82, 2.24) is 4.98 Å². The quantitative estimate of drug-likeness (QED) is 0.875. The highest BCUT2D eigenvalue weighted by atomic mass is 32.1. The second kappa shape index (κ2) is 5.27. The third-order valence-electron chi connectivity index (χ3n) is 2.59. The van der Waals surface area contributed by atoms with E-state index in [1.807, 2.05) is 0 Å². The number of aromatic hydroxyl groups is 1. The Balaban J connectivity index is 2.45. The summed E-state index contributed by atoms with van der Waals surface area (Å²) < 4.78 is 9.75. The van der Waals surface area contributed by atoms with Gasteiger partial charge < -0.3 is 14.6 Å². The Hall–Kier alpha value is -2.08. The van der Waals surface area contributed by atoms with Crippen LogP contribution >= 0.6 is 11.3 Å². The molecule has 0 fully saturated rings. The average Bonchev–Trinajstić information content (AvgIpc) is 2.80. The number of hydrogen-bond acceptors (Lipinski definition) is 6. The smallest absolute Gasteiger partial charge is 0.349 e. The van der Waals surface area contributed by atoms with Crippen LogP contribution in [0.1, 0.15) is 15.4 Å². The summed E-state index contributed by atoms with van der Waals surface area (Å²) in [7, 11) is 2.82. The zero-order valence-corrected chi connectivity index (χ0v) is 11.6. The topological polar surface area (TPSA) is 68.7 Å². The van der Waals surface area contributed by atoms with Gasteiger partial charge in [-0.05, 0) is 25.1 Å². The van der Waals surface area contributed by atoms with Crippen LogP contribution in [0.2, 0.25) is 0 Å². The lowest BCUT2D eigenvalue weighted by atomic mass is 10.2. The van der Waals surface area contributed by atoms with E-state index in [9.17, 15) is 9.90 Å². The van der Waals surface area contributed by atoms with Gasteiger partial charge in [0.15, 0.2) is 11.5 Å². The molecule has 0 atom stereocenters. The standard InChI is InChI=1S/C13H13NO4S/c1-7-11(13(16)18-3)19-12(14-7)8-4-5-9(15)10(6-8)17-2/h4-6,15H,1-3H3. The van der Waals surface area contributed by atoms with Crippen LogP contribution in [0, 0.1) is 6.92 Å². The fraction of sp³-hybridized carbons (Fsp3) is 0.231. The first-order valence-electron chi connectivity index (χ1n) is 5.50. The van der Waals surface area contributed by atoms with E-state index in [0.717, 1.165) is 5.56 Å². The predicted octanol–water partition coefficient (Wildman–Crippen LogP) is 2.62. The van der Waals surface area contributed by atoms with E-state index in [1.165, 1.54) is 31.6 Å². The first-order valence-corrected chi connectivity index (χ1v) is 6.31. The molecule has 0 saturated carbocycles. The van der Waals surface area contributed by atoms with E-state index in [1.54, 1.807) is 19.1 Å². The van der Waals surface area contributed by atoms with Crippen LogP contribution < -0.4 is 4.74 Å². The maximum Gasteiger partial charge on any atom is 0.349 e. The SMILES string of the molecule is COC(=O)c1sc(-c2ccc(O)c(OC)c2)nc1C. The molecule has 0 bridgehead atoms. The molecule has 0 saturated heterocycles. The molecule has 0 aliphatic carbocycles. The molecular formula is C13H13NO4S. The zero-order valence-electron chi connectivity index (χ0n) is 10.8. The van der Waals surface area contributed by atoms with Gasteiger partial charge in [0.05, 0.1) is 19.9 Å². The van der Waals surface area contributed by atoms with Gasteiger partial charge in [0.1, 0.15) is 9.88 Å². The number of thiazole rings is 1. The first kappa shape index (κ1) is 13.4. The molecule has 1 heterocycles. The fourth-order valence-corrected chi connectivity index (χ4v) is 2.59. The molecule has 0 radical (unpaired) electrons. The normalized spacial score (nSPS) is 10.3. The Kier molecular flexibility index (Phi) is 3.71. The molecule has 5 nitrogen and oxygen atoms in total. The molecule has 1 N–H and O–H groups in total. The Morgan fingerprint density at radius 3 is 2.74 bits per heavy atom. The number of aromatic nitrogens is 1. The number of carbonyl (C=O) groups excluding carboxylic acids is 1. The van der Waals surface area contributed by atoms with E-state index in [4.69, 9.17) is 9.47 Å². The van der Waals surface area contributed by atoms with Gasteiger partial charge in [-0.25, -0.2) is 9.78 Å². The highest BCUT2D eigenvalue weighted by Crippen LogP contribution is 2.34. The molecule has 100 valence electrons. The number of carbonyl (C=O) groups is 1. The van der Waals surface area contributed by atoms with E-state index in [2.05, 4.69) is 4.98 Å². The van der Waals surface area contributed by atoms with Gasteiger partial charge in [0, 0.05) is 5.56 Å². The van der Waals surface area contributed by atoms with Gasteiger partial charge in [0.25, 0.3) is 0 Å². The highest BCUT2D eigenvalue weighted by Gasteiger charge is 2.17. The third-order valence-corrected chi connectivity index (χ3v) is 3.78. The van der Waals surface area contributed by atoms with Crippen molar-refractivity contribution in [2.45, 2.75) is 6.92 Å². The van der Waals surface area contributed by atoms with Crippen LogP contribution in [0.25, 0.3) is 10.6 Å². The van der Waals surface area contributed by atoms with E-state index in [-0.39, 0.29) is 5.75 Å². The number of aryl methyl sites for hydroxylation is 1. The van der Waals surface area contributed by atoms with Crippen molar-refractivity contribution in [3.05, 3.63) is 28.8 Å². The van der Waals surface area contributed by atoms with Gasteiger partial charge in [-0.2, -0.15) is 0 Å². The average molecular weight is 279 g/mol. The van der Waals surface area contributed by atoms with Gasteiger partial charge in [-0.15, -0.1) is 11.3 Å². The van der Waals surface area contributed by atoms with Crippen molar-refractivity contribution in [3.8, 4) is 22.1 Å². The number of phenols is 1. The van der Waals surface area contributed by atoms with Crippen LogP contribution in [0.3, 0.4) is 0 Å². The maximum absolute atomic E-state index is 11.5. The Bertz CT molecular complexity index is 621. The third kappa shape index (κ3) is 2.53. The van der Waals surface area contributed by atoms with E-state index < -0.39 is 5.97 Å². The molecule has 0 aliphatic heterocycles. The second-order valence-electron chi connectivity index (χ2n) is 3.81. The summed E-state index contributed by atoms with van der Waals surface area (Å²) in [4.78, 5) is 16.4. The molecule has 1 aromatic heterocycles. The summed E-state index contributed by atoms with van der Waals surface area (Å²) >= 11 is 1.25. The van der Waals surface area contributed by atoms with E-state index >= 15 is 0 Å². The van der Waals surface area contributed by atoms with Crippen molar-refractivity contribution >= 4 is 17.3 Å². The van der Waals surface area contributed by atoms with Crippen LogP contribution in [0.4, 0.5) is 0 Å². The number of esters is 1. The fourth-order valence-electron chi connectivity index (χ4n) is 1.61. The molecule has 2 aromatic rings. The molecule has 1 aromatic carbocycles. The molecule has 19 heavy (non-hydrogen) atoms. The van der Waals surface area contributed by atoms with Crippen molar-refractivity contribution in [1.29, 1.82) is 0 Å². The number of hydrogen-bond donors (Lipinski definition) is 1. The van der Waals surface area contributed by atoms with Gasteiger partial charge in [-0.3, -0.25) is 0 Å². The van der Waals surface area contributed by atoms with Crippen LogP contribution in [-0.2, 0) is 4.74 Å². The minimum atomic E-state index is -0.396. The van der Waals surface area contributed by atoms with Gasteiger partial charge in [0.2, 0.25) is 0 Å². The number of rotatable bonds is 3. The summed E-state index contributed by atoms with van der Waals surface area (Å²) in [5.41, 5.74) is 1.40. The first-order chi connectivity index (χ1) is 9.06. The van der Waals surface area contributed by atoms with Crippen LogP contribution in [0.15, 0.2) is 18.2 Å². The van der Waals surface area contributed by atoms with Crippen LogP contribution in [0.5, 0.6) is 11.5 Å². The molecule has 0 amide bonds. The predicted molar refractivity (Wildman–Crippen MR) is 71.8 cm³/mol. The Morgan fingerprint density at radius 2 is 2.11 bits per heavy atom. The molecule has 0 aliphatic rings. The van der Waals surface area contributed by atoms with Crippen molar-refractivity contribution in [3.63, 3.8) is 0 Å². The lowest BCUT2D eigenvalue weighted by molar-refractivity contribution is 0.0605. The highest BCUT2D eigenvalue weighted by molar-refractivity contribution is 7.17. The summed E-state index contributed by atoms with van der Waals surface area (Å²) in [6.45, 7) is 1.75. The zero-order chi connectivity index (χ0) is 14.0. The number of methoxy groups -OCH3 is 2. The maximum atomic E-state index is 11.5. The number of ether oxygens (including phenoxy) is 2. The Labute approximate surface area is 114 Å². The molecule has 6 heteroatoms. The lowest BCUT2D eigenvalue weighted by Crippen LogP contribution is -1.99. The summed E-state index contributed by atoms with van der Waals surface area (Å²) in [6, 6.07) is 4.93. The molecule has 0 unspecified atom stereocenters. The second-order valence-corrected chi connectivity index (χ2v) is 4.81. The number of benzene rings is 1. The van der Waals surface area contributed by atoms with Gasteiger partial charge >= 0.3 is 5.97 Å². The van der Waals surface area contributed by atoms with Crippen LogP contribution in [-0.4, -0.2) is 30.3 Å². The monoisotopic (exact) mass is 279 g/mol. The van der Waals surface area contributed by atoms with Gasteiger partial charge in [-0.1, -0.05) is 0 Å². The molecule has 0 spiro atoms. The van der Waals surface area contributed by atoms with Crippen molar-refractivity contribution in [2.24, 2.45) is 0 Å². The minimum absolute atomic E-state index is 0.0627. The minimum Gasteiger partial charge on any atom is -0.504 e.